The van der Waals surface area contributed by atoms with Crippen LogP contribution in [-0.2, 0) is 21.5 Å². The van der Waals surface area contributed by atoms with E-state index in [1.165, 1.54) is 23.1 Å². The van der Waals surface area contributed by atoms with Crippen LogP contribution in [0.4, 0.5) is 19.0 Å². The van der Waals surface area contributed by atoms with Gasteiger partial charge in [-0.3, -0.25) is 4.79 Å². The average Bonchev–Trinajstić information content (AvgIpc) is 3.25. The van der Waals surface area contributed by atoms with Crippen LogP contribution in [0.15, 0.2) is 52.3 Å². The second-order valence-corrected chi connectivity index (χ2v) is 8.08. The number of amides is 1. The van der Waals surface area contributed by atoms with Crippen LogP contribution in [0.1, 0.15) is 21.6 Å². The van der Waals surface area contributed by atoms with Gasteiger partial charge in [-0.25, -0.2) is 14.8 Å². The van der Waals surface area contributed by atoms with Crippen LogP contribution in [0.25, 0.3) is 0 Å². The van der Waals surface area contributed by atoms with E-state index in [9.17, 15) is 22.8 Å². The van der Waals surface area contributed by atoms with E-state index in [-0.39, 0.29) is 11.4 Å². The number of carbonyl (C=O) groups excluding carboxylic acids is 2. The Labute approximate surface area is 187 Å². The molecule has 0 aliphatic rings. The molecule has 0 saturated heterocycles. The lowest BCUT2D eigenvalue weighted by Gasteiger charge is -2.11. The normalized spacial score (nSPS) is 11.2. The number of rotatable bonds is 7. The molecule has 6 nitrogen and oxygen atoms in total. The number of nitrogens with zero attached hydrogens (tertiary/aromatic N) is 2. The number of hydrogen-bond acceptors (Lipinski definition) is 7. The minimum Gasteiger partial charge on any atom is -0.452 e. The fraction of sp³-hybridized carbons (Fsp3) is 0.158. The van der Waals surface area contributed by atoms with Crippen LogP contribution < -0.4 is 5.32 Å². The van der Waals surface area contributed by atoms with Gasteiger partial charge in [-0.15, -0.1) is 23.1 Å². The first-order valence-electron chi connectivity index (χ1n) is 8.52. The zero-order valence-corrected chi connectivity index (χ0v) is 17.9. The van der Waals surface area contributed by atoms with Gasteiger partial charge in [0.15, 0.2) is 12.4 Å². The predicted molar refractivity (Wildman–Crippen MR) is 111 cm³/mol. The zero-order valence-electron chi connectivity index (χ0n) is 15.5. The number of esters is 1. The summed E-state index contributed by atoms with van der Waals surface area (Å²) >= 11 is 8.61. The molecule has 31 heavy (non-hydrogen) atoms. The van der Waals surface area contributed by atoms with E-state index in [1.807, 2.05) is 5.38 Å². The maximum absolute atomic E-state index is 12.7. The third-order valence-electron chi connectivity index (χ3n) is 3.73. The Morgan fingerprint density at radius 3 is 2.68 bits per heavy atom. The Morgan fingerprint density at radius 2 is 2.00 bits per heavy atom. The summed E-state index contributed by atoms with van der Waals surface area (Å²) in [7, 11) is 0. The molecule has 0 radical (unpaired) electrons. The fourth-order valence-electron chi connectivity index (χ4n) is 2.28. The second-order valence-electron chi connectivity index (χ2n) is 5.94. The van der Waals surface area contributed by atoms with Gasteiger partial charge in [0.25, 0.3) is 5.91 Å². The van der Waals surface area contributed by atoms with Gasteiger partial charge in [-0.2, -0.15) is 13.2 Å². The van der Waals surface area contributed by atoms with E-state index >= 15 is 0 Å². The van der Waals surface area contributed by atoms with Crippen molar-refractivity contribution < 1.29 is 27.5 Å². The number of pyridine rings is 1. The quantitative estimate of drug-likeness (QED) is 0.360. The number of aromatic nitrogens is 2. The minimum atomic E-state index is -4.61. The molecule has 0 unspecified atom stereocenters. The largest absolute Gasteiger partial charge is 0.452 e. The van der Waals surface area contributed by atoms with Gasteiger partial charge in [0.05, 0.1) is 27.4 Å². The summed E-state index contributed by atoms with van der Waals surface area (Å²) in [4.78, 5) is 32.8. The zero-order chi connectivity index (χ0) is 22.4. The number of carbonyl (C=O) groups is 2. The number of anilines is 1. The van der Waals surface area contributed by atoms with E-state index in [0.717, 1.165) is 5.69 Å². The van der Waals surface area contributed by atoms with Crippen LogP contribution in [0.3, 0.4) is 0 Å². The van der Waals surface area contributed by atoms with Crippen molar-refractivity contribution in [2.24, 2.45) is 0 Å². The van der Waals surface area contributed by atoms with E-state index in [2.05, 4.69) is 15.3 Å². The summed E-state index contributed by atoms with van der Waals surface area (Å²) in [6, 6.07) is 7.39. The van der Waals surface area contributed by atoms with Crippen molar-refractivity contribution in [2.45, 2.75) is 16.8 Å². The standard InChI is InChI=1S/C19H13ClF3N3O3S2/c20-14-5-11(19(21,22)23)6-24-17(14)26-16(27)7-29-18(28)13-3-1-2-4-15(13)31-9-12-8-30-10-25-12/h1-6,8,10H,7,9H2,(H,24,26,27). The van der Waals surface area contributed by atoms with E-state index in [0.29, 0.717) is 22.9 Å². The molecule has 12 heteroatoms. The first-order chi connectivity index (χ1) is 14.7. The third kappa shape index (κ3) is 6.42. The van der Waals surface area contributed by atoms with Crippen LogP contribution in [0, 0.1) is 0 Å². The van der Waals surface area contributed by atoms with Crippen molar-refractivity contribution >= 4 is 52.4 Å². The van der Waals surface area contributed by atoms with Gasteiger partial charge < -0.3 is 10.1 Å². The molecule has 0 atom stereocenters. The van der Waals surface area contributed by atoms with Gasteiger partial charge in [0.2, 0.25) is 0 Å². The molecule has 2 heterocycles. The smallest absolute Gasteiger partial charge is 0.417 e. The maximum Gasteiger partial charge on any atom is 0.417 e. The van der Waals surface area contributed by atoms with Crippen LogP contribution in [-0.4, -0.2) is 28.5 Å². The van der Waals surface area contributed by atoms with Crippen LogP contribution >= 0.6 is 34.7 Å². The highest BCUT2D eigenvalue weighted by Gasteiger charge is 2.31. The van der Waals surface area contributed by atoms with E-state index < -0.39 is 35.2 Å². The highest BCUT2D eigenvalue weighted by Crippen LogP contribution is 2.32. The number of nitrogens with one attached hydrogen (secondary N) is 1. The summed E-state index contributed by atoms with van der Waals surface area (Å²) < 4.78 is 43.0. The highest BCUT2D eigenvalue weighted by atomic mass is 35.5. The lowest BCUT2D eigenvalue weighted by molar-refractivity contribution is -0.137. The summed E-state index contributed by atoms with van der Waals surface area (Å²) in [5.41, 5.74) is 1.82. The number of thioether (sulfide) groups is 1. The van der Waals surface area contributed by atoms with Gasteiger partial charge >= 0.3 is 12.1 Å². The molecule has 1 amide bonds. The molecular formula is C19H13ClF3N3O3S2. The Balaban J connectivity index is 1.58. The van der Waals surface area contributed by atoms with Crippen molar-refractivity contribution in [3.05, 3.63) is 69.3 Å². The fourth-order valence-corrected chi connectivity index (χ4v) is 4.10. The van der Waals surface area contributed by atoms with Crippen LogP contribution in [0.5, 0.6) is 0 Å². The predicted octanol–water partition coefficient (Wildman–Crippen LogP) is 5.30. The Hall–Kier alpha value is -2.63. The molecule has 0 aliphatic heterocycles. The number of benzene rings is 1. The van der Waals surface area contributed by atoms with Crippen molar-refractivity contribution in [3.8, 4) is 0 Å². The average molecular weight is 488 g/mol. The van der Waals surface area contributed by atoms with E-state index in [1.54, 1.807) is 29.8 Å². The molecule has 0 saturated carbocycles. The first kappa shape index (κ1) is 23.0. The Kier molecular flexibility index (Phi) is 7.52. The SMILES string of the molecule is O=C(COC(=O)c1ccccc1SCc1cscn1)Nc1ncc(C(F)(F)F)cc1Cl. The summed E-state index contributed by atoms with van der Waals surface area (Å²) in [6.07, 6.45) is -4.07. The number of halogens is 4. The third-order valence-corrected chi connectivity index (χ3v) is 5.76. The number of thiazole rings is 1. The molecular weight excluding hydrogens is 475 g/mol. The molecule has 162 valence electrons. The van der Waals surface area contributed by atoms with Gasteiger partial charge in [0.1, 0.15) is 0 Å². The number of alkyl halides is 3. The minimum absolute atomic E-state index is 0.269. The Bertz CT molecular complexity index is 1080. The molecule has 0 bridgehead atoms. The number of hydrogen-bond donors (Lipinski definition) is 1. The highest BCUT2D eigenvalue weighted by molar-refractivity contribution is 7.98. The van der Waals surface area contributed by atoms with Crippen molar-refractivity contribution in [3.63, 3.8) is 0 Å². The van der Waals surface area contributed by atoms with Gasteiger partial charge in [0, 0.05) is 22.2 Å². The molecule has 1 aromatic carbocycles. The van der Waals surface area contributed by atoms with E-state index in [4.69, 9.17) is 16.3 Å². The summed E-state index contributed by atoms with van der Waals surface area (Å²) in [5.74, 6) is -1.22. The van der Waals surface area contributed by atoms with Crippen molar-refractivity contribution in [1.82, 2.24) is 9.97 Å². The molecule has 0 fully saturated rings. The topological polar surface area (TPSA) is 81.2 Å². The van der Waals surface area contributed by atoms with Gasteiger partial charge in [-0.05, 0) is 18.2 Å². The Morgan fingerprint density at radius 1 is 1.23 bits per heavy atom. The summed E-state index contributed by atoms with van der Waals surface area (Å²) in [5, 5.41) is 3.73. The molecule has 2 aromatic heterocycles. The van der Waals surface area contributed by atoms with Crippen molar-refractivity contribution in [2.75, 3.05) is 11.9 Å². The molecule has 0 spiro atoms. The lowest BCUT2D eigenvalue weighted by atomic mass is 10.2. The molecule has 0 aliphatic carbocycles. The maximum atomic E-state index is 12.7. The number of ether oxygens (including phenoxy) is 1. The van der Waals surface area contributed by atoms with Crippen LogP contribution in [0.2, 0.25) is 5.02 Å². The molecule has 3 rings (SSSR count). The molecule has 1 N–H and O–H groups in total. The summed E-state index contributed by atoms with van der Waals surface area (Å²) in [6.45, 7) is -0.664. The second kappa shape index (κ2) is 10.1. The van der Waals surface area contributed by atoms with Gasteiger partial charge in [-0.1, -0.05) is 23.7 Å². The lowest BCUT2D eigenvalue weighted by Crippen LogP contribution is -2.22. The monoisotopic (exact) mass is 487 g/mol. The van der Waals surface area contributed by atoms with Crippen molar-refractivity contribution in [1.29, 1.82) is 0 Å². The molecule has 3 aromatic rings. The first-order valence-corrected chi connectivity index (χ1v) is 10.8.